The van der Waals surface area contributed by atoms with Crippen molar-refractivity contribution in [2.45, 2.75) is 19.8 Å². The predicted molar refractivity (Wildman–Crippen MR) is 94.1 cm³/mol. The fraction of sp³-hybridized carbons (Fsp3) is 0.176. The van der Waals surface area contributed by atoms with E-state index >= 15 is 0 Å². The average molecular weight is 349 g/mol. The van der Waals surface area contributed by atoms with Crippen LogP contribution in [0, 0.1) is 0 Å². The van der Waals surface area contributed by atoms with Gasteiger partial charge in [0.05, 0.1) is 10.5 Å². The van der Waals surface area contributed by atoms with Gasteiger partial charge in [0.15, 0.2) is 0 Å². The number of aromatic nitrogens is 1. The molecule has 0 bridgehead atoms. The van der Waals surface area contributed by atoms with E-state index in [1.54, 1.807) is 6.07 Å². The SMILES string of the molecule is CC(C)c1ccc(Nc2nc3cc(Cl)cc(Cl)c3c(=O)o2)cc1. The molecule has 0 spiro atoms. The van der Waals surface area contributed by atoms with E-state index in [4.69, 9.17) is 27.6 Å². The third-order valence-corrected chi connectivity index (χ3v) is 3.99. The summed E-state index contributed by atoms with van der Waals surface area (Å²) < 4.78 is 5.19. The molecule has 0 aliphatic rings. The first kappa shape index (κ1) is 15.8. The standard InChI is InChI=1S/C17H14Cl2N2O2/c1-9(2)10-3-5-12(6-4-10)20-17-21-14-8-11(18)7-13(19)15(14)16(22)23-17/h3-9H,1-2H3,(H,20,21). The van der Waals surface area contributed by atoms with Crippen molar-refractivity contribution in [2.75, 3.05) is 5.32 Å². The summed E-state index contributed by atoms with van der Waals surface area (Å²) in [7, 11) is 0. The number of hydrogen-bond donors (Lipinski definition) is 1. The van der Waals surface area contributed by atoms with Crippen molar-refractivity contribution >= 4 is 45.8 Å². The average Bonchev–Trinajstić information content (AvgIpc) is 2.46. The molecule has 3 aromatic rings. The molecule has 4 nitrogen and oxygen atoms in total. The fourth-order valence-electron chi connectivity index (χ4n) is 2.25. The van der Waals surface area contributed by atoms with Crippen LogP contribution in [0.5, 0.6) is 0 Å². The summed E-state index contributed by atoms with van der Waals surface area (Å²) in [6.45, 7) is 4.25. The Morgan fingerprint density at radius 1 is 1.13 bits per heavy atom. The summed E-state index contributed by atoms with van der Waals surface area (Å²) in [5.41, 5.74) is 1.83. The van der Waals surface area contributed by atoms with Crippen LogP contribution in [0.2, 0.25) is 10.0 Å². The third kappa shape index (κ3) is 3.33. The molecule has 0 radical (unpaired) electrons. The fourth-order valence-corrected chi connectivity index (χ4v) is 2.81. The molecule has 23 heavy (non-hydrogen) atoms. The molecule has 0 fully saturated rings. The van der Waals surface area contributed by atoms with E-state index in [0.717, 1.165) is 5.69 Å². The second-order valence-corrected chi connectivity index (χ2v) is 6.33. The minimum absolute atomic E-state index is 0.0955. The van der Waals surface area contributed by atoms with Crippen LogP contribution in [0.15, 0.2) is 45.6 Å². The maximum absolute atomic E-state index is 12.1. The minimum atomic E-state index is -0.557. The maximum atomic E-state index is 12.1. The molecule has 0 aliphatic heterocycles. The molecule has 118 valence electrons. The van der Waals surface area contributed by atoms with Gasteiger partial charge in [-0.2, -0.15) is 4.98 Å². The zero-order valence-electron chi connectivity index (χ0n) is 12.6. The highest BCUT2D eigenvalue weighted by atomic mass is 35.5. The minimum Gasteiger partial charge on any atom is -0.388 e. The molecule has 0 amide bonds. The van der Waals surface area contributed by atoms with Crippen LogP contribution < -0.4 is 10.9 Å². The number of hydrogen-bond acceptors (Lipinski definition) is 4. The van der Waals surface area contributed by atoms with E-state index in [1.165, 1.54) is 11.6 Å². The highest BCUT2D eigenvalue weighted by Crippen LogP contribution is 2.26. The summed E-state index contributed by atoms with van der Waals surface area (Å²) in [4.78, 5) is 16.4. The lowest BCUT2D eigenvalue weighted by atomic mass is 10.0. The largest absolute Gasteiger partial charge is 0.388 e. The molecule has 0 aliphatic carbocycles. The van der Waals surface area contributed by atoms with Gasteiger partial charge in [-0.15, -0.1) is 0 Å². The maximum Gasteiger partial charge on any atom is 0.349 e. The summed E-state index contributed by atoms with van der Waals surface area (Å²) in [6, 6.07) is 11.0. The van der Waals surface area contributed by atoms with Crippen LogP contribution in [0.4, 0.5) is 11.7 Å². The summed E-state index contributed by atoms with van der Waals surface area (Å²) >= 11 is 12.0. The van der Waals surface area contributed by atoms with Gasteiger partial charge in [-0.1, -0.05) is 49.2 Å². The zero-order chi connectivity index (χ0) is 16.6. The number of rotatable bonds is 3. The summed E-state index contributed by atoms with van der Waals surface area (Å²) in [5, 5.41) is 3.83. The van der Waals surface area contributed by atoms with Crippen LogP contribution >= 0.6 is 23.2 Å². The van der Waals surface area contributed by atoms with Crippen LogP contribution in [-0.2, 0) is 0 Å². The van der Waals surface area contributed by atoms with E-state index in [0.29, 0.717) is 16.5 Å². The van der Waals surface area contributed by atoms with E-state index in [1.807, 2.05) is 24.3 Å². The van der Waals surface area contributed by atoms with Crippen molar-refractivity contribution < 1.29 is 4.42 Å². The number of anilines is 2. The van der Waals surface area contributed by atoms with E-state index in [2.05, 4.69) is 24.1 Å². The first-order valence-corrected chi connectivity index (χ1v) is 7.86. The topological polar surface area (TPSA) is 55.1 Å². The van der Waals surface area contributed by atoms with E-state index in [-0.39, 0.29) is 16.4 Å². The molecule has 1 aromatic heterocycles. The second kappa shape index (κ2) is 6.22. The normalized spacial score (nSPS) is 11.2. The molecule has 3 rings (SSSR count). The number of nitrogens with zero attached hydrogens (tertiary/aromatic N) is 1. The molecular formula is C17H14Cl2N2O2. The molecule has 0 saturated heterocycles. The number of halogens is 2. The van der Waals surface area contributed by atoms with E-state index in [9.17, 15) is 4.79 Å². The van der Waals surface area contributed by atoms with Gasteiger partial charge in [-0.3, -0.25) is 0 Å². The predicted octanol–water partition coefficient (Wildman–Crippen LogP) is 5.36. The van der Waals surface area contributed by atoms with Gasteiger partial charge in [0.1, 0.15) is 5.39 Å². The molecule has 1 heterocycles. The van der Waals surface area contributed by atoms with Crippen LogP contribution in [0.25, 0.3) is 10.9 Å². The van der Waals surface area contributed by atoms with E-state index < -0.39 is 5.63 Å². The molecule has 6 heteroatoms. The van der Waals surface area contributed by atoms with Gasteiger partial charge >= 0.3 is 11.6 Å². The Labute approximate surface area is 143 Å². The lowest BCUT2D eigenvalue weighted by molar-refractivity contribution is 0.522. The third-order valence-electron chi connectivity index (χ3n) is 3.48. The Kier molecular flexibility index (Phi) is 4.28. The smallest absolute Gasteiger partial charge is 0.349 e. The van der Waals surface area contributed by atoms with Crippen LogP contribution in [0.1, 0.15) is 25.3 Å². The molecule has 0 atom stereocenters. The highest BCUT2D eigenvalue weighted by molar-refractivity contribution is 6.38. The molecule has 1 N–H and O–H groups in total. The Balaban J connectivity index is 1.99. The highest BCUT2D eigenvalue weighted by Gasteiger charge is 2.11. The van der Waals surface area contributed by atoms with Crippen molar-refractivity contribution in [3.8, 4) is 0 Å². The van der Waals surface area contributed by atoms with Crippen molar-refractivity contribution in [1.29, 1.82) is 0 Å². The molecular weight excluding hydrogens is 335 g/mol. The zero-order valence-corrected chi connectivity index (χ0v) is 14.1. The van der Waals surface area contributed by atoms with Gasteiger partial charge in [0.25, 0.3) is 0 Å². The van der Waals surface area contributed by atoms with Crippen LogP contribution in [-0.4, -0.2) is 4.98 Å². The lowest BCUT2D eigenvalue weighted by Crippen LogP contribution is -2.05. The monoisotopic (exact) mass is 348 g/mol. The molecule has 2 aromatic carbocycles. The molecule has 0 unspecified atom stereocenters. The van der Waals surface area contributed by atoms with Gasteiger partial charge in [-0.25, -0.2) is 4.79 Å². The Hall–Kier alpha value is -2.04. The van der Waals surface area contributed by atoms with Crippen molar-refractivity contribution in [3.05, 3.63) is 62.4 Å². The number of nitrogens with one attached hydrogen (secondary N) is 1. The van der Waals surface area contributed by atoms with Crippen molar-refractivity contribution in [2.24, 2.45) is 0 Å². The number of benzene rings is 2. The quantitative estimate of drug-likeness (QED) is 0.691. The Morgan fingerprint density at radius 2 is 1.83 bits per heavy atom. The number of fused-ring (bicyclic) bond motifs is 1. The Bertz CT molecular complexity index is 918. The summed E-state index contributed by atoms with van der Waals surface area (Å²) in [5.74, 6) is 0.449. The summed E-state index contributed by atoms with van der Waals surface area (Å²) in [6.07, 6.45) is 0. The Morgan fingerprint density at radius 3 is 2.48 bits per heavy atom. The van der Waals surface area contributed by atoms with Gasteiger partial charge in [0.2, 0.25) is 0 Å². The van der Waals surface area contributed by atoms with Gasteiger partial charge in [0, 0.05) is 10.7 Å². The van der Waals surface area contributed by atoms with Crippen molar-refractivity contribution in [1.82, 2.24) is 4.98 Å². The molecule has 0 saturated carbocycles. The van der Waals surface area contributed by atoms with Gasteiger partial charge < -0.3 is 9.73 Å². The first-order chi connectivity index (χ1) is 10.9. The lowest BCUT2D eigenvalue weighted by Gasteiger charge is -2.08. The van der Waals surface area contributed by atoms with Crippen molar-refractivity contribution in [3.63, 3.8) is 0 Å². The first-order valence-electron chi connectivity index (χ1n) is 7.11. The van der Waals surface area contributed by atoms with Crippen LogP contribution in [0.3, 0.4) is 0 Å². The van der Waals surface area contributed by atoms with Gasteiger partial charge in [-0.05, 0) is 35.7 Å². The second-order valence-electron chi connectivity index (χ2n) is 5.49.